The molecule has 9 aromatic rings. The fourth-order valence-corrected chi connectivity index (χ4v) is 9.23. The SMILES string of the molecule is CC1(C)c2ccccc2-c2cc3c(cc21)Oc1cc(-c2ccccc2-c2nc(-c4ccccc4)nc(-c4ccc5c(c4)sc4ccccc45)n2)ccc1O3. The molecule has 0 unspecified atom stereocenters. The molecule has 54 heavy (non-hydrogen) atoms. The number of aromatic nitrogens is 3. The predicted molar refractivity (Wildman–Crippen MR) is 219 cm³/mol. The van der Waals surface area contributed by atoms with Crippen LogP contribution in [0, 0.1) is 0 Å². The smallest absolute Gasteiger partial charge is 0.170 e. The van der Waals surface area contributed by atoms with Gasteiger partial charge in [0.25, 0.3) is 0 Å². The number of rotatable bonds is 4. The van der Waals surface area contributed by atoms with E-state index >= 15 is 0 Å². The van der Waals surface area contributed by atoms with E-state index in [4.69, 9.17) is 24.4 Å². The van der Waals surface area contributed by atoms with Gasteiger partial charge in [-0.3, -0.25) is 0 Å². The summed E-state index contributed by atoms with van der Waals surface area (Å²) in [4.78, 5) is 15.3. The van der Waals surface area contributed by atoms with Crippen LogP contribution in [0.15, 0.2) is 152 Å². The lowest BCUT2D eigenvalue weighted by Gasteiger charge is -2.25. The molecule has 0 amide bonds. The second kappa shape index (κ2) is 11.7. The van der Waals surface area contributed by atoms with Crippen LogP contribution in [0.2, 0.25) is 0 Å². The van der Waals surface area contributed by atoms with Crippen molar-refractivity contribution in [1.29, 1.82) is 0 Å². The standard InChI is InChI=1S/C48H31N3O2S/c1-48(2)37-18-10-8-15-32(37)36-26-41-42(27-38(36)48)53-40-24-29(21-23-39(40)52-41)31-14-6-7-17-35(31)47-50-45(28-12-4-3-5-13-28)49-46(51-47)30-20-22-34-33-16-9-11-19-43(33)54-44(34)25-30/h3-27H,1-2H3. The number of nitrogens with zero attached hydrogens (tertiary/aromatic N) is 3. The van der Waals surface area contributed by atoms with E-state index in [1.165, 1.54) is 42.4 Å². The van der Waals surface area contributed by atoms with Crippen LogP contribution in [0.4, 0.5) is 0 Å². The summed E-state index contributed by atoms with van der Waals surface area (Å²) in [6.07, 6.45) is 0. The molecule has 0 N–H and O–H groups in total. The van der Waals surface area contributed by atoms with Gasteiger partial charge >= 0.3 is 0 Å². The zero-order valence-electron chi connectivity index (χ0n) is 29.5. The van der Waals surface area contributed by atoms with Gasteiger partial charge in [0.1, 0.15) is 0 Å². The Hall–Kier alpha value is -6.63. The minimum Gasteiger partial charge on any atom is -0.449 e. The van der Waals surface area contributed by atoms with Gasteiger partial charge in [-0.15, -0.1) is 11.3 Å². The minimum atomic E-state index is -0.142. The van der Waals surface area contributed by atoms with Gasteiger partial charge in [0, 0.05) is 42.3 Å². The zero-order chi connectivity index (χ0) is 36.0. The molecular formula is C48H31N3O2S. The quantitative estimate of drug-likeness (QED) is 0.182. The number of hydrogen-bond acceptors (Lipinski definition) is 6. The van der Waals surface area contributed by atoms with Crippen molar-refractivity contribution in [2.75, 3.05) is 0 Å². The van der Waals surface area contributed by atoms with Crippen molar-refractivity contribution in [3.63, 3.8) is 0 Å². The molecule has 0 atom stereocenters. The molecule has 256 valence electrons. The van der Waals surface area contributed by atoms with Crippen molar-refractivity contribution in [2.24, 2.45) is 0 Å². The van der Waals surface area contributed by atoms with Gasteiger partial charge in [0.05, 0.1) is 0 Å². The largest absolute Gasteiger partial charge is 0.449 e. The third-order valence-corrected chi connectivity index (χ3v) is 11.9. The molecule has 2 aliphatic rings. The minimum absolute atomic E-state index is 0.142. The Morgan fingerprint density at radius 1 is 0.407 bits per heavy atom. The predicted octanol–water partition coefficient (Wildman–Crippen LogP) is 13.1. The Morgan fingerprint density at radius 2 is 1.04 bits per heavy atom. The monoisotopic (exact) mass is 713 g/mol. The lowest BCUT2D eigenvalue weighted by atomic mass is 9.82. The van der Waals surface area contributed by atoms with E-state index in [-0.39, 0.29) is 5.41 Å². The van der Waals surface area contributed by atoms with Gasteiger partial charge in [0.2, 0.25) is 0 Å². The average molecular weight is 714 g/mol. The van der Waals surface area contributed by atoms with Crippen LogP contribution in [0.3, 0.4) is 0 Å². The van der Waals surface area contributed by atoms with Gasteiger partial charge in [-0.05, 0) is 69.8 Å². The van der Waals surface area contributed by atoms with Crippen molar-refractivity contribution in [2.45, 2.75) is 19.3 Å². The topological polar surface area (TPSA) is 57.1 Å². The Bertz CT molecular complexity index is 2990. The second-order valence-corrected chi connectivity index (χ2v) is 15.5. The first kappa shape index (κ1) is 30.9. The Kier molecular flexibility index (Phi) is 6.70. The Morgan fingerprint density at radius 3 is 1.91 bits per heavy atom. The first-order valence-electron chi connectivity index (χ1n) is 18.1. The van der Waals surface area contributed by atoms with Gasteiger partial charge in [-0.2, -0.15) is 0 Å². The maximum atomic E-state index is 6.65. The van der Waals surface area contributed by atoms with Crippen molar-refractivity contribution in [3.8, 4) is 79.4 Å². The molecule has 0 saturated heterocycles. The highest BCUT2D eigenvalue weighted by molar-refractivity contribution is 7.25. The molecule has 0 spiro atoms. The molecule has 3 heterocycles. The molecule has 0 bridgehead atoms. The maximum Gasteiger partial charge on any atom is 0.170 e. The summed E-state index contributed by atoms with van der Waals surface area (Å²) in [6.45, 7) is 4.55. The van der Waals surface area contributed by atoms with E-state index in [1.54, 1.807) is 11.3 Å². The fraction of sp³-hybridized carbons (Fsp3) is 0.0625. The molecule has 7 aromatic carbocycles. The van der Waals surface area contributed by atoms with E-state index in [0.717, 1.165) is 39.3 Å². The third-order valence-electron chi connectivity index (χ3n) is 10.8. The maximum absolute atomic E-state index is 6.65. The molecule has 6 heteroatoms. The van der Waals surface area contributed by atoms with Gasteiger partial charge in [-0.25, -0.2) is 15.0 Å². The molecule has 5 nitrogen and oxygen atoms in total. The molecule has 11 rings (SSSR count). The van der Waals surface area contributed by atoms with Crippen LogP contribution in [0.5, 0.6) is 23.0 Å². The fourth-order valence-electron chi connectivity index (χ4n) is 8.08. The zero-order valence-corrected chi connectivity index (χ0v) is 30.3. The summed E-state index contributed by atoms with van der Waals surface area (Å²) in [7, 11) is 0. The lowest BCUT2D eigenvalue weighted by Crippen LogP contribution is -2.15. The Labute approximate surface area is 316 Å². The second-order valence-electron chi connectivity index (χ2n) is 14.4. The molecule has 2 aromatic heterocycles. The number of fused-ring (bicyclic) bond motifs is 8. The summed E-state index contributed by atoms with van der Waals surface area (Å²) in [5, 5.41) is 2.50. The van der Waals surface area contributed by atoms with E-state index in [9.17, 15) is 0 Å². The highest BCUT2D eigenvalue weighted by Crippen LogP contribution is 2.55. The summed E-state index contributed by atoms with van der Waals surface area (Å²) in [5.74, 6) is 4.64. The van der Waals surface area contributed by atoms with Crippen LogP contribution in [0.25, 0.3) is 76.6 Å². The van der Waals surface area contributed by atoms with Crippen LogP contribution in [-0.2, 0) is 5.41 Å². The van der Waals surface area contributed by atoms with E-state index in [2.05, 4.69) is 117 Å². The lowest BCUT2D eigenvalue weighted by molar-refractivity contribution is 0.359. The normalized spacial score (nSPS) is 13.4. The third kappa shape index (κ3) is 4.80. The van der Waals surface area contributed by atoms with Crippen molar-refractivity contribution < 1.29 is 9.47 Å². The van der Waals surface area contributed by atoms with Crippen molar-refractivity contribution in [1.82, 2.24) is 15.0 Å². The van der Waals surface area contributed by atoms with Crippen LogP contribution in [-0.4, -0.2) is 15.0 Å². The van der Waals surface area contributed by atoms with Gasteiger partial charge < -0.3 is 9.47 Å². The summed E-state index contributed by atoms with van der Waals surface area (Å²) in [6, 6.07) is 52.4. The highest BCUT2D eigenvalue weighted by Gasteiger charge is 2.37. The van der Waals surface area contributed by atoms with E-state index in [1.807, 2.05) is 48.5 Å². The van der Waals surface area contributed by atoms with Crippen LogP contribution >= 0.6 is 11.3 Å². The number of hydrogen-bond donors (Lipinski definition) is 0. The summed E-state index contributed by atoms with van der Waals surface area (Å²) in [5.41, 5.74) is 9.59. The molecule has 0 fully saturated rings. The summed E-state index contributed by atoms with van der Waals surface area (Å²) >= 11 is 1.79. The first-order chi connectivity index (χ1) is 26.5. The highest BCUT2D eigenvalue weighted by atomic mass is 32.1. The van der Waals surface area contributed by atoms with Gasteiger partial charge in [-0.1, -0.05) is 129 Å². The molecule has 1 aliphatic carbocycles. The average Bonchev–Trinajstić information content (AvgIpc) is 3.70. The van der Waals surface area contributed by atoms with E-state index < -0.39 is 0 Å². The van der Waals surface area contributed by atoms with Crippen LogP contribution in [0.1, 0.15) is 25.0 Å². The summed E-state index contributed by atoms with van der Waals surface area (Å²) < 4.78 is 15.6. The van der Waals surface area contributed by atoms with Crippen LogP contribution < -0.4 is 9.47 Å². The van der Waals surface area contributed by atoms with Crippen molar-refractivity contribution >= 4 is 31.5 Å². The molecule has 0 radical (unpaired) electrons. The first-order valence-corrected chi connectivity index (χ1v) is 18.9. The number of thiophene rings is 1. The number of benzene rings is 7. The number of ether oxygens (including phenoxy) is 2. The Balaban J connectivity index is 1.01. The molecular weight excluding hydrogens is 683 g/mol. The van der Waals surface area contributed by atoms with E-state index in [0.29, 0.717) is 29.0 Å². The van der Waals surface area contributed by atoms with Crippen molar-refractivity contribution in [3.05, 3.63) is 163 Å². The molecule has 1 aliphatic heterocycles. The van der Waals surface area contributed by atoms with Gasteiger partial charge in [0.15, 0.2) is 40.5 Å². The molecule has 0 saturated carbocycles.